The zero-order chi connectivity index (χ0) is 23.4. The second-order valence-electron chi connectivity index (χ2n) is 8.40. The topological polar surface area (TPSA) is 95.9 Å². The number of carbonyl (C=O) groups excluding carboxylic acids is 2. The summed E-state index contributed by atoms with van der Waals surface area (Å²) in [4.78, 5) is 38.1. The number of nitrogens with one attached hydrogen (secondary N) is 1. The van der Waals surface area contributed by atoms with Gasteiger partial charge in [0.25, 0.3) is 0 Å². The van der Waals surface area contributed by atoms with E-state index in [-0.39, 0.29) is 24.9 Å². The third kappa shape index (κ3) is 4.61. The molecule has 3 rings (SSSR count). The van der Waals surface area contributed by atoms with Crippen LogP contribution in [0, 0.1) is 5.92 Å². The maximum absolute atomic E-state index is 12.9. The molecule has 0 heterocycles. The molecule has 32 heavy (non-hydrogen) atoms. The molecule has 0 bridgehead atoms. The largest absolute Gasteiger partial charge is 0.480 e. The Morgan fingerprint density at radius 2 is 1.56 bits per heavy atom. The van der Waals surface area contributed by atoms with Crippen molar-refractivity contribution in [3.63, 3.8) is 0 Å². The SMILES string of the molecule is CCC(C(=O)O)N(C)C(=O)[C@H](NC(=O)OCC1c2ccccc2-c2ccccc21)C(C)C. The Bertz CT molecular complexity index is 958. The number of hydrogen-bond acceptors (Lipinski definition) is 4. The van der Waals surface area contributed by atoms with Gasteiger partial charge in [0, 0.05) is 13.0 Å². The molecule has 170 valence electrons. The van der Waals surface area contributed by atoms with E-state index in [1.54, 1.807) is 20.8 Å². The Balaban J connectivity index is 1.69. The highest BCUT2D eigenvalue weighted by molar-refractivity contribution is 5.89. The van der Waals surface area contributed by atoms with Crippen LogP contribution < -0.4 is 5.32 Å². The minimum atomic E-state index is -1.08. The van der Waals surface area contributed by atoms with Crippen LogP contribution >= 0.6 is 0 Å². The molecule has 1 unspecified atom stereocenters. The summed E-state index contributed by atoms with van der Waals surface area (Å²) >= 11 is 0. The molecule has 2 amide bonds. The van der Waals surface area contributed by atoms with Gasteiger partial charge in [-0.2, -0.15) is 0 Å². The first-order valence-corrected chi connectivity index (χ1v) is 10.9. The van der Waals surface area contributed by atoms with E-state index in [1.807, 2.05) is 36.4 Å². The molecule has 2 aromatic rings. The van der Waals surface area contributed by atoms with E-state index in [4.69, 9.17) is 4.74 Å². The van der Waals surface area contributed by atoms with E-state index in [0.717, 1.165) is 22.3 Å². The summed E-state index contributed by atoms with van der Waals surface area (Å²) in [6.45, 7) is 5.43. The lowest BCUT2D eigenvalue weighted by molar-refractivity contribution is -0.150. The average molecular weight is 439 g/mol. The minimum Gasteiger partial charge on any atom is -0.480 e. The van der Waals surface area contributed by atoms with E-state index in [0.29, 0.717) is 0 Å². The van der Waals surface area contributed by atoms with Crippen LogP contribution in [0.25, 0.3) is 11.1 Å². The molecular weight excluding hydrogens is 408 g/mol. The van der Waals surface area contributed by atoms with Gasteiger partial charge in [-0.1, -0.05) is 69.3 Å². The average Bonchev–Trinajstić information content (AvgIpc) is 3.09. The Labute approximate surface area is 188 Å². The summed E-state index contributed by atoms with van der Waals surface area (Å²) in [6.07, 6.45) is -0.427. The van der Waals surface area contributed by atoms with Gasteiger partial charge in [0.15, 0.2) is 0 Å². The van der Waals surface area contributed by atoms with Crippen LogP contribution in [0.2, 0.25) is 0 Å². The van der Waals surface area contributed by atoms with E-state index < -0.39 is 30.1 Å². The number of hydrogen-bond donors (Lipinski definition) is 2. The molecule has 0 fully saturated rings. The zero-order valence-electron chi connectivity index (χ0n) is 18.9. The van der Waals surface area contributed by atoms with Gasteiger partial charge in [0.05, 0.1) is 0 Å². The molecule has 7 nitrogen and oxygen atoms in total. The smallest absolute Gasteiger partial charge is 0.407 e. The predicted molar refractivity (Wildman–Crippen MR) is 121 cm³/mol. The number of carboxylic acid groups (broad SMARTS) is 1. The maximum Gasteiger partial charge on any atom is 0.407 e. The fourth-order valence-corrected chi connectivity index (χ4v) is 4.27. The zero-order valence-corrected chi connectivity index (χ0v) is 18.9. The van der Waals surface area contributed by atoms with E-state index in [2.05, 4.69) is 17.4 Å². The maximum atomic E-state index is 12.9. The quantitative estimate of drug-likeness (QED) is 0.652. The Morgan fingerprint density at radius 1 is 1.03 bits per heavy atom. The van der Waals surface area contributed by atoms with Crippen molar-refractivity contribution in [2.75, 3.05) is 13.7 Å². The van der Waals surface area contributed by atoms with Crippen LogP contribution in [-0.2, 0) is 14.3 Å². The van der Waals surface area contributed by atoms with Crippen molar-refractivity contribution in [1.29, 1.82) is 0 Å². The van der Waals surface area contributed by atoms with Crippen LogP contribution in [0.5, 0.6) is 0 Å². The molecule has 0 saturated carbocycles. The van der Waals surface area contributed by atoms with Crippen molar-refractivity contribution in [3.8, 4) is 11.1 Å². The highest BCUT2D eigenvalue weighted by Crippen LogP contribution is 2.44. The summed E-state index contributed by atoms with van der Waals surface area (Å²) in [5, 5.41) is 12.0. The normalized spacial score (nSPS) is 14.3. The van der Waals surface area contributed by atoms with Crippen molar-refractivity contribution in [3.05, 3.63) is 59.7 Å². The Hall–Kier alpha value is -3.35. The molecule has 1 aliphatic rings. The minimum absolute atomic E-state index is 0.0829. The summed E-state index contributed by atoms with van der Waals surface area (Å²) in [7, 11) is 1.44. The van der Waals surface area contributed by atoms with E-state index in [9.17, 15) is 19.5 Å². The van der Waals surface area contributed by atoms with Gasteiger partial charge in [0.1, 0.15) is 18.7 Å². The molecule has 0 saturated heterocycles. The number of ether oxygens (including phenoxy) is 1. The third-order valence-corrected chi connectivity index (χ3v) is 6.04. The molecule has 2 N–H and O–H groups in total. The highest BCUT2D eigenvalue weighted by Gasteiger charge is 2.34. The predicted octanol–water partition coefficient (Wildman–Crippen LogP) is 3.87. The lowest BCUT2D eigenvalue weighted by Crippen LogP contribution is -2.54. The molecule has 7 heteroatoms. The van der Waals surface area contributed by atoms with Crippen molar-refractivity contribution in [2.45, 2.75) is 45.2 Å². The fraction of sp³-hybridized carbons (Fsp3) is 0.400. The molecule has 0 aromatic heterocycles. The highest BCUT2D eigenvalue weighted by atomic mass is 16.5. The van der Waals surface area contributed by atoms with Gasteiger partial charge in [-0.05, 0) is 34.6 Å². The Kier molecular flexibility index (Phi) is 7.18. The first-order chi connectivity index (χ1) is 15.3. The molecule has 2 aromatic carbocycles. The molecule has 0 radical (unpaired) electrons. The number of amides is 2. The van der Waals surface area contributed by atoms with Gasteiger partial charge in [-0.25, -0.2) is 9.59 Å². The summed E-state index contributed by atoms with van der Waals surface area (Å²) in [5.74, 6) is -1.85. The van der Waals surface area contributed by atoms with Crippen molar-refractivity contribution < 1.29 is 24.2 Å². The van der Waals surface area contributed by atoms with Gasteiger partial charge < -0.3 is 20.1 Å². The number of benzene rings is 2. The number of alkyl carbamates (subject to hydrolysis) is 1. The molecular formula is C25H30N2O5. The van der Waals surface area contributed by atoms with Crippen molar-refractivity contribution >= 4 is 18.0 Å². The van der Waals surface area contributed by atoms with Gasteiger partial charge >= 0.3 is 12.1 Å². The molecule has 1 aliphatic carbocycles. The lowest BCUT2D eigenvalue weighted by Gasteiger charge is -2.30. The summed E-state index contributed by atoms with van der Waals surface area (Å²) in [5.41, 5.74) is 4.47. The first kappa shape index (κ1) is 23.3. The van der Waals surface area contributed by atoms with Crippen LogP contribution in [0.3, 0.4) is 0 Å². The number of carbonyl (C=O) groups is 3. The van der Waals surface area contributed by atoms with Gasteiger partial charge in [-0.15, -0.1) is 0 Å². The van der Waals surface area contributed by atoms with E-state index >= 15 is 0 Å². The second kappa shape index (κ2) is 9.85. The lowest BCUT2D eigenvalue weighted by atomic mass is 9.98. The molecule has 0 aliphatic heterocycles. The second-order valence-corrected chi connectivity index (χ2v) is 8.40. The van der Waals surface area contributed by atoms with Crippen molar-refractivity contribution in [2.24, 2.45) is 5.92 Å². The number of carboxylic acids is 1. The van der Waals surface area contributed by atoms with Crippen molar-refractivity contribution in [1.82, 2.24) is 10.2 Å². The van der Waals surface area contributed by atoms with Crippen LogP contribution in [0.15, 0.2) is 48.5 Å². The summed E-state index contributed by atoms with van der Waals surface area (Å²) < 4.78 is 5.55. The molecule has 2 atom stereocenters. The van der Waals surface area contributed by atoms with Gasteiger partial charge in [-0.3, -0.25) is 4.79 Å². The summed E-state index contributed by atoms with van der Waals surface area (Å²) in [6, 6.07) is 14.3. The number of likely N-dealkylation sites (N-methyl/N-ethyl adjacent to an activating group) is 1. The Morgan fingerprint density at radius 3 is 2.03 bits per heavy atom. The fourth-order valence-electron chi connectivity index (χ4n) is 4.27. The third-order valence-electron chi connectivity index (χ3n) is 6.04. The van der Waals surface area contributed by atoms with Crippen LogP contribution in [0.4, 0.5) is 4.79 Å². The van der Waals surface area contributed by atoms with E-state index in [1.165, 1.54) is 11.9 Å². The molecule has 0 spiro atoms. The number of fused-ring (bicyclic) bond motifs is 3. The monoisotopic (exact) mass is 438 g/mol. The number of aliphatic carboxylic acids is 1. The number of rotatable bonds is 8. The number of nitrogens with zero attached hydrogens (tertiary/aromatic N) is 1. The van der Waals surface area contributed by atoms with Gasteiger partial charge in [0.2, 0.25) is 5.91 Å². The standard InChI is InChI=1S/C25H30N2O5/c1-5-21(24(29)30)27(4)23(28)22(15(2)3)26-25(31)32-14-20-18-12-8-6-10-16(18)17-11-7-9-13-19(17)20/h6-13,15,20-22H,5,14H2,1-4H3,(H,26,31)(H,29,30)/t21?,22-/m1/s1. The van der Waals surface area contributed by atoms with Crippen LogP contribution in [-0.4, -0.2) is 53.7 Å². The first-order valence-electron chi connectivity index (χ1n) is 10.9. The van der Waals surface area contributed by atoms with Crippen LogP contribution in [0.1, 0.15) is 44.2 Å².